The van der Waals surface area contributed by atoms with Crippen molar-refractivity contribution in [2.24, 2.45) is 17.2 Å². The molecule has 4 unspecified atom stereocenters. The Labute approximate surface area is 241 Å². The van der Waals surface area contributed by atoms with Crippen molar-refractivity contribution in [1.82, 2.24) is 20.9 Å². The normalized spacial score (nSPS) is 13.9. The van der Waals surface area contributed by atoms with Crippen molar-refractivity contribution >= 4 is 46.5 Å². The van der Waals surface area contributed by atoms with E-state index in [4.69, 9.17) is 22.3 Å². The summed E-state index contributed by atoms with van der Waals surface area (Å²) < 4.78 is 0. The zero-order valence-corrected chi connectivity index (χ0v) is 23.1. The van der Waals surface area contributed by atoms with Crippen molar-refractivity contribution in [3.63, 3.8) is 0 Å². The van der Waals surface area contributed by atoms with Gasteiger partial charge in [-0.2, -0.15) is 0 Å². The third-order valence-corrected chi connectivity index (χ3v) is 6.61. The van der Waals surface area contributed by atoms with Crippen LogP contribution in [-0.4, -0.2) is 81.5 Å². The van der Waals surface area contributed by atoms with E-state index < -0.39 is 59.7 Å². The molecule has 1 heterocycles. The molecule has 0 aliphatic heterocycles. The third-order valence-electron chi connectivity index (χ3n) is 6.61. The number of H-pyrrole nitrogens is 1. The van der Waals surface area contributed by atoms with Crippen LogP contribution in [0, 0.1) is 0 Å². The highest BCUT2D eigenvalue weighted by Gasteiger charge is 2.31. The second kappa shape index (κ2) is 16.7. The van der Waals surface area contributed by atoms with Crippen molar-refractivity contribution in [1.29, 1.82) is 0 Å². The smallest absolute Gasteiger partial charge is 0.326 e. The summed E-state index contributed by atoms with van der Waals surface area (Å²) in [4.78, 5) is 76.3. The van der Waals surface area contributed by atoms with Crippen LogP contribution in [-0.2, 0) is 35.2 Å². The number of hydrogen-bond donors (Lipinski definition) is 9. The minimum Gasteiger partial charge on any atom is -0.481 e. The van der Waals surface area contributed by atoms with Gasteiger partial charge in [0.2, 0.25) is 23.6 Å². The van der Waals surface area contributed by atoms with E-state index in [0.29, 0.717) is 24.9 Å². The molecule has 0 bridgehead atoms. The minimum absolute atomic E-state index is 0.000733. The molecule has 0 radical (unpaired) electrons. The third kappa shape index (κ3) is 10.8. The number of aliphatic carboxylic acids is 2. The number of aromatic nitrogens is 1. The Morgan fingerprint density at radius 2 is 1.45 bits per heavy atom. The van der Waals surface area contributed by atoms with Gasteiger partial charge in [-0.3, -0.25) is 24.0 Å². The number of fused-ring (bicyclic) bond motifs is 1. The Hall–Kier alpha value is -4.50. The van der Waals surface area contributed by atoms with E-state index in [2.05, 4.69) is 20.9 Å². The van der Waals surface area contributed by atoms with E-state index in [1.165, 1.54) is 0 Å². The number of carboxylic acid groups (broad SMARTS) is 2. The van der Waals surface area contributed by atoms with Gasteiger partial charge in [0.05, 0.1) is 6.04 Å². The Morgan fingerprint density at radius 3 is 2.10 bits per heavy atom. The molecule has 42 heavy (non-hydrogen) atoms. The van der Waals surface area contributed by atoms with Crippen molar-refractivity contribution in [2.75, 3.05) is 6.54 Å². The molecule has 0 saturated carbocycles. The molecule has 12 N–H and O–H groups in total. The Morgan fingerprint density at radius 1 is 0.810 bits per heavy atom. The first-order chi connectivity index (χ1) is 19.9. The van der Waals surface area contributed by atoms with E-state index >= 15 is 0 Å². The summed E-state index contributed by atoms with van der Waals surface area (Å²) in [5.74, 6) is -5.54. The number of benzene rings is 1. The zero-order chi connectivity index (χ0) is 31.2. The van der Waals surface area contributed by atoms with E-state index in [9.17, 15) is 33.9 Å². The molecule has 2 rings (SSSR count). The van der Waals surface area contributed by atoms with E-state index in [1.54, 1.807) is 6.20 Å². The maximum absolute atomic E-state index is 13.6. The first-order valence-corrected chi connectivity index (χ1v) is 13.6. The van der Waals surface area contributed by atoms with E-state index in [1.807, 2.05) is 24.3 Å². The van der Waals surface area contributed by atoms with Crippen LogP contribution in [0.25, 0.3) is 10.9 Å². The van der Waals surface area contributed by atoms with Gasteiger partial charge in [0.1, 0.15) is 18.1 Å². The summed E-state index contributed by atoms with van der Waals surface area (Å²) >= 11 is 0. The fourth-order valence-corrected chi connectivity index (χ4v) is 4.27. The number of nitrogens with one attached hydrogen (secondary N) is 4. The van der Waals surface area contributed by atoms with Crippen molar-refractivity contribution < 1.29 is 39.0 Å². The summed E-state index contributed by atoms with van der Waals surface area (Å²) in [5, 5.41) is 26.7. The zero-order valence-electron chi connectivity index (χ0n) is 23.1. The molecule has 15 nitrogen and oxygen atoms in total. The summed E-state index contributed by atoms with van der Waals surface area (Å²) in [6.07, 6.45) is 1.72. The number of carbonyl (C=O) groups excluding carboxylic acids is 4. The fourth-order valence-electron chi connectivity index (χ4n) is 4.27. The highest BCUT2D eigenvalue weighted by molar-refractivity contribution is 5.95. The lowest BCUT2D eigenvalue weighted by Gasteiger charge is -2.25. The lowest BCUT2D eigenvalue weighted by molar-refractivity contribution is -0.142. The van der Waals surface area contributed by atoms with Gasteiger partial charge in [-0.15, -0.1) is 0 Å². The van der Waals surface area contributed by atoms with Gasteiger partial charge in [0.15, 0.2) is 0 Å². The molecule has 0 spiro atoms. The molecule has 0 saturated heterocycles. The average Bonchev–Trinajstić information content (AvgIpc) is 3.35. The topological polar surface area (TPSA) is 273 Å². The molecule has 4 atom stereocenters. The second-order valence-corrected chi connectivity index (χ2v) is 9.91. The lowest BCUT2D eigenvalue weighted by Crippen LogP contribution is -2.57. The maximum atomic E-state index is 13.6. The highest BCUT2D eigenvalue weighted by Crippen LogP contribution is 2.19. The van der Waals surface area contributed by atoms with Gasteiger partial charge in [-0.1, -0.05) is 18.2 Å². The number of carbonyl (C=O) groups is 6. The van der Waals surface area contributed by atoms with Gasteiger partial charge >= 0.3 is 11.9 Å². The average molecular weight is 590 g/mol. The first kappa shape index (κ1) is 33.7. The van der Waals surface area contributed by atoms with Crippen LogP contribution in [0.3, 0.4) is 0 Å². The summed E-state index contributed by atoms with van der Waals surface area (Å²) in [7, 11) is 0. The summed E-state index contributed by atoms with van der Waals surface area (Å²) in [6, 6.07) is 2.27. The minimum atomic E-state index is -1.42. The standard InChI is InChI=1S/C27H39N7O8/c28-12-4-3-7-19(25(39)33-20(27(41)42)9-10-22(30)35)32-26(40)21(34-24(38)17(29)8-11-23(36)37)13-15-14-31-18-6-2-1-5-16(15)18/h1-2,5-6,14,17,19-21,31H,3-4,7-13,28-29H2,(H2,30,35)(H,32,40)(H,33,39)(H,34,38)(H,36,37)(H,41,42). The quantitative estimate of drug-likeness (QED) is 0.0886. The molecule has 230 valence electrons. The number of unbranched alkanes of at least 4 members (excludes halogenated alkanes) is 1. The molecule has 0 aliphatic carbocycles. The Balaban J connectivity index is 2.29. The molecule has 15 heteroatoms. The van der Waals surface area contributed by atoms with Gasteiger partial charge < -0.3 is 48.3 Å². The van der Waals surface area contributed by atoms with Crippen LogP contribution in [0.1, 0.15) is 50.5 Å². The van der Waals surface area contributed by atoms with E-state index in [0.717, 1.165) is 10.9 Å². The van der Waals surface area contributed by atoms with Gasteiger partial charge in [0, 0.05) is 36.4 Å². The number of amides is 4. The number of aromatic amines is 1. The molecule has 0 aliphatic rings. The van der Waals surface area contributed by atoms with Crippen LogP contribution < -0.4 is 33.2 Å². The van der Waals surface area contributed by atoms with Crippen molar-refractivity contribution in [3.05, 3.63) is 36.0 Å². The number of hydrogen-bond acceptors (Lipinski definition) is 8. The van der Waals surface area contributed by atoms with Crippen molar-refractivity contribution in [3.8, 4) is 0 Å². The number of rotatable bonds is 19. The number of nitrogens with two attached hydrogens (primary N) is 3. The molecular weight excluding hydrogens is 550 g/mol. The fraction of sp³-hybridized carbons (Fsp3) is 0.481. The van der Waals surface area contributed by atoms with Crippen LogP contribution in [0.5, 0.6) is 0 Å². The molecule has 1 aromatic carbocycles. The Bertz CT molecular complexity index is 1260. The van der Waals surface area contributed by atoms with Gasteiger partial charge in [0.25, 0.3) is 0 Å². The number of carboxylic acids is 2. The SMILES string of the molecule is NCCCCC(NC(=O)C(Cc1c[nH]c2ccccc12)NC(=O)C(N)CCC(=O)O)C(=O)NC(CCC(N)=O)C(=O)O. The predicted octanol–water partition coefficient (Wildman–Crippen LogP) is -1.16. The highest BCUT2D eigenvalue weighted by atomic mass is 16.4. The molecule has 4 amide bonds. The van der Waals surface area contributed by atoms with Gasteiger partial charge in [-0.05, 0) is 50.3 Å². The van der Waals surface area contributed by atoms with Crippen LogP contribution in [0.15, 0.2) is 30.5 Å². The summed E-state index contributed by atoms with van der Waals surface area (Å²) in [6.45, 7) is 0.326. The van der Waals surface area contributed by atoms with E-state index in [-0.39, 0.29) is 38.5 Å². The van der Waals surface area contributed by atoms with Gasteiger partial charge in [-0.25, -0.2) is 4.79 Å². The van der Waals surface area contributed by atoms with Crippen LogP contribution in [0.4, 0.5) is 0 Å². The summed E-state index contributed by atoms with van der Waals surface area (Å²) in [5.41, 5.74) is 18.0. The van der Waals surface area contributed by atoms with Crippen LogP contribution >= 0.6 is 0 Å². The molecule has 0 fully saturated rings. The first-order valence-electron chi connectivity index (χ1n) is 13.6. The Kier molecular flexibility index (Phi) is 13.4. The number of para-hydroxylation sites is 1. The predicted molar refractivity (Wildman–Crippen MR) is 152 cm³/mol. The van der Waals surface area contributed by atoms with Crippen molar-refractivity contribution in [2.45, 2.75) is 75.5 Å². The molecule has 2 aromatic rings. The maximum Gasteiger partial charge on any atom is 0.326 e. The largest absolute Gasteiger partial charge is 0.481 e. The monoisotopic (exact) mass is 589 g/mol. The lowest BCUT2D eigenvalue weighted by atomic mass is 10.0. The molecule has 1 aromatic heterocycles. The second-order valence-electron chi connectivity index (χ2n) is 9.91. The number of primary amides is 1. The molecular formula is C27H39N7O8. The van der Waals surface area contributed by atoms with Crippen LogP contribution in [0.2, 0.25) is 0 Å².